The van der Waals surface area contributed by atoms with E-state index in [0.717, 1.165) is 17.8 Å². The summed E-state index contributed by atoms with van der Waals surface area (Å²) in [7, 11) is 0. The van der Waals surface area contributed by atoms with Gasteiger partial charge in [0.05, 0.1) is 23.1 Å². The van der Waals surface area contributed by atoms with E-state index in [4.69, 9.17) is 5.11 Å². The van der Waals surface area contributed by atoms with Gasteiger partial charge in [-0.15, -0.1) is 0 Å². The lowest BCUT2D eigenvalue weighted by Gasteiger charge is -2.10. The van der Waals surface area contributed by atoms with Gasteiger partial charge in [-0.25, -0.2) is 4.79 Å². The molecule has 2 aromatic heterocycles. The molecule has 5 heteroatoms. The van der Waals surface area contributed by atoms with E-state index in [9.17, 15) is 4.79 Å². The molecule has 0 amide bonds. The molecular weight excluding hydrogens is 242 g/mol. The fourth-order valence-corrected chi connectivity index (χ4v) is 1.93. The minimum absolute atomic E-state index is 0.0623. The number of hydrogen-bond acceptors (Lipinski definition) is 3. The van der Waals surface area contributed by atoms with Crippen molar-refractivity contribution in [3.8, 4) is 11.3 Å². The highest BCUT2D eigenvalue weighted by atomic mass is 16.4. The average Bonchev–Trinajstić information content (AvgIpc) is 2.86. The molecule has 0 saturated carbocycles. The van der Waals surface area contributed by atoms with Gasteiger partial charge >= 0.3 is 5.97 Å². The van der Waals surface area contributed by atoms with E-state index < -0.39 is 5.97 Å². The molecule has 0 bridgehead atoms. The Labute approximate surface area is 111 Å². The van der Waals surface area contributed by atoms with E-state index in [-0.39, 0.29) is 11.5 Å². The smallest absolute Gasteiger partial charge is 0.337 e. The summed E-state index contributed by atoms with van der Waals surface area (Å²) < 4.78 is 1.82. The molecular formula is C14H17N3O2. The maximum atomic E-state index is 11.2. The normalized spacial score (nSPS) is 10.9. The van der Waals surface area contributed by atoms with Crippen LogP contribution in [0.15, 0.2) is 24.5 Å². The van der Waals surface area contributed by atoms with Crippen molar-refractivity contribution < 1.29 is 9.90 Å². The summed E-state index contributed by atoms with van der Waals surface area (Å²) in [5.41, 5.74) is 2.53. The van der Waals surface area contributed by atoms with Crippen LogP contribution in [0.25, 0.3) is 11.3 Å². The lowest BCUT2D eigenvalue weighted by atomic mass is 10.0. The Balaban J connectivity index is 2.48. The Morgan fingerprint density at radius 2 is 2.16 bits per heavy atom. The summed E-state index contributed by atoms with van der Waals surface area (Å²) >= 11 is 0. The molecule has 0 radical (unpaired) electrons. The van der Waals surface area contributed by atoms with Crippen LogP contribution in [0, 0.1) is 0 Å². The lowest BCUT2D eigenvalue weighted by Crippen LogP contribution is -2.07. The van der Waals surface area contributed by atoms with E-state index in [1.807, 2.05) is 31.6 Å². The van der Waals surface area contributed by atoms with Crippen molar-refractivity contribution in [1.29, 1.82) is 0 Å². The van der Waals surface area contributed by atoms with Gasteiger partial charge in [0.2, 0.25) is 0 Å². The van der Waals surface area contributed by atoms with E-state index >= 15 is 0 Å². The molecule has 0 aromatic carbocycles. The van der Waals surface area contributed by atoms with Gasteiger partial charge in [0.1, 0.15) is 0 Å². The maximum absolute atomic E-state index is 11.2. The summed E-state index contributed by atoms with van der Waals surface area (Å²) in [5, 5.41) is 13.4. The Hall–Kier alpha value is -2.17. The monoisotopic (exact) mass is 259 g/mol. The molecule has 0 saturated heterocycles. The Bertz CT molecular complexity index is 602. The summed E-state index contributed by atoms with van der Waals surface area (Å²) in [6.45, 7) is 6.68. The maximum Gasteiger partial charge on any atom is 0.337 e. The quantitative estimate of drug-likeness (QED) is 0.916. The van der Waals surface area contributed by atoms with E-state index in [1.54, 1.807) is 18.3 Å². The summed E-state index contributed by atoms with van der Waals surface area (Å²) in [4.78, 5) is 15.6. The van der Waals surface area contributed by atoms with Crippen molar-refractivity contribution in [2.24, 2.45) is 0 Å². The molecule has 0 aliphatic rings. The summed E-state index contributed by atoms with van der Waals surface area (Å²) in [5.74, 6) is -0.876. The molecule has 0 unspecified atom stereocenters. The highest BCUT2D eigenvalue weighted by Gasteiger charge is 2.16. The topological polar surface area (TPSA) is 68.0 Å². The van der Waals surface area contributed by atoms with Gasteiger partial charge in [-0.2, -0.15) is 5.10 Å². The lowest BCUT2D eigenvalue weighted by molar-refractivity contribution is 0.0694. The van der Waals surface area contributed by atoms with Crippen LogP contribution in [-0.2, 0) is 6.54 Å². The molecule has 100 valence electrons. The zero-order chi connectivity index (χ0) is 14.0. The van der Waals surface area contributed by atoms with Crippen molar-refractivity contribution >= 4 is 5.97 Å². The molecule has 0 spiro atoms. The van der Waals surface area contributed by atoms with Crippen molar-refractivity contribution in [3.63, 3.8) is 0 Å². The van der Waals surface area contributed by atoms with Gasteiger partial charge in [0.25, 0.3) is 0 Å². The number of carbonyl (C=O) groups is 1. The number of rotatable bonds is 4. The third-order valence-electron chi connectivity index (χ3n) is 2.96. The van der Waals surface area contributed by atoms with Crippen LogP contribution in [0.2, 0.25) is 0 Å². The third-order valence-corrected chi connectivity index (χ3v) is 2.96. The largest absolute Gasteiger partial charge is 0.478 e. The highest BCUT2D eigenvalue weighted by molar-refractivity contribution is 5.89. The standard InChI is InChI=1S/C14H17N3O2/c1-4-17-8-10(7-15-17)12-6-5-11(14(18)19)13(16-12)9(2)3/h5-9H,4H2,1-3H3,(H,18,19). The van der Waals surface area contributed by atoms with Crippen LogP contribution in [-0.4, -0.2) is 25.8 Å². The molecule has 0 aliphatic carbocycles. The van der Waals surface area contributed by atoms with Gasteiger partial charge in [0.15, 0.2) is 0 Å². The minimum atomic E-state index is -0.938. The first-order valence-corrected chi connectivity index (χ1v) is 6.30. The third kappa shape index (κ3) is 2.65. The number of carboxylic acid groups (broad SMARTS) is 1. The number of pyridine rings is 1. The second-order valence-electron chi connectivity index (χ2n) is 4.67. The van der Waals surface area contributed by atoms with Gasteiger partial charge in [-0.05, 0) is 25.0 Å². The zero-order valence-corrected chi connectivity index (χ0v) is 11.3. The molecule has 2 aromatic rings. The molecule has 1 N–H and O–H groups in total. The highest BCUT2D eigenvalue weighted by Crippen LogP contribution is 2.23. The van der Waals surface area contributed by atoms with E-state index in [2.05, 4.69) is 10.1 Å². The first-order chi connectivity index (χ1) is 9.02. The van der Waals surface area contributed by atoms with Gasteiger partial charge in [0, 0.05) is 18.3 Å². The van der Waals surface area contributed by atoms with Crippen molar-refractivity contribution in [1.82, 2.24) is 14.8 Å². The van der Waals surface area contributed by atoms with Crippen LogP contribution in [0.4, 0.5) is 0 Å². The SMILES string of the molecule is CCn1cc(-c2ccc(C(=O)O)c(C(C)C)n2)cn1. The fourth-order valence-electron chi connectivity index (χ4n) is 1.93. The number of carboxylic acids is 1. The van der Waals surface area contributed by atoms with Crippen molar-refractivity contribution in [3.05, 3.63) is 35.8 Å². The predicted octanol–water partition coefficient (Wildman–Crippen LogP) is 2.79. The van der Waals surface area contributed by atoms with Crippen LogP contribution in [0.3, 0.4) is 0 Å². The Kier molecular flexibility index (Phi) is 3.64. The van der Waals surface area contributed by atoms with Gasteiger partial charge in [-0.3, -0.25) is 9.67 Å². The molecule has 2 rings (SSSR count). The number of aromatic carboxylic acids is 1. The minimum Gasteiger partial charge on any atom is -0.478 e. The van der Waals surface area contributed by atoms with Crippen LogP contribution in [0.1, 0.15) is 42.7 Å². The fraction of sp³-hybridized carbons (Fsp3) is 0.357. The predicted molar refractivity (Wildman–Crippen MR) is 72.2 cm³/mol. The molecule has 5 nitrogen and oxygen atoms in total. The van der Waals surface area contributed by atoms with Gasteiger partial charge < -0.3 is 5.11 Å². The van der Waals surface area contributed by atoms with Crippen LogP contribution in [0.5, 0.6) is 0 Å². The molecule has 2 heterocycles. The summed E-state index contributed by atoms with van der Waals surface area (Å²) in [6.07, 6.45) is 3.66. The molecule has 0 fully saturated rings. The van der Waals surface area contributed by atoms with E-state index in [1.165, 1.54) is 0 Å². The Morgan fingerprint density at radius 3 is 2.68 bits per heavy atom. The number of hydrogen-bond donors (Lipinski definition) is 1. The number of aromatic nitrogens is 3. The van der Waals surface area contributed by atoms with Crippen LogP contribution >= 0.6 is 0 Å². The molecule has 19 heavy (non-hydrogen) atoms. The number of nitrogens with zero attached hydrogens (tertiary/aromatic N) is 3. The molecule has 0 aliphatic heterocycles. The second kappa shape index (κ2) is 5.22. The Morgan fingerprint density at radius 1 is 1.42 bits per heavy atom. The average molecular weight is 259 g/mol. The zero-order valence-electron chi connectivity index (χ0n) is 11.3. The van der Waals surface area contributed by atoms with Crippen molar-refractivity contribution in [2.75, 3.05) is 0 Å². The summed E-state index contributed by atoms with van der Waals surface area (Å²) in [6, 6.07) is 3.34. The van der Waals surface area contributed by atoms with Crippen LogP contribution < -0.4 is 0 Å². The van der Waals surface area contributed by atoms with Crippen molar-refractivity contribution in [2.45, 2.75) is 33.2 Å². The first-order valence-electron chi connectivity index (χ1n) is 6.30. The van der Waals surface area contributed by atoms with E-state index in [0.29, 0.717) is 5.69 Å². The first kappa shape index (κ1) is 13.3. The molecule has 0 atom stereocenters. The second-order valence-corrected chi connectivity index (χ2v) is 4.67. The number of aryl methyl sites for hydroxylation is 1. The van der Waals surface area contributed by atoms with Gasteiger partial charge in [-0.1, -0.05) is 13.8 Å².